The van der Waals surface area contributed by atoms with Gasteiger partial charge in [0.15, 0.2) is 0 Å². The van der Waals surface area contributed by atoms with E-state index in [4.69, 9.17) is 0 Å². The fraction of sp³-hybridized carbons (Fsp3) is 0.438. The number of aryl methyl sites for hydroxylation is 2. The topological polar surface area (TPSA) is 29.9 Å². The number of hydrogen-bond donors (Lipinski definition) is 1. The van der Waals surface area contributed by atoms with Crippen molar-refractivity contribution in [1.82, 2.24) is 14.9 Å². The van der Waals surface area contributed by atoms with Crippen LogP contribution >= 0.6 is 15.9 Å². The summed E-state index contributed by atoms with van der Waals surface area (Å²) < 4.78 is 3.36. The van der Waals surface area contributed by atoms with Crippen LogP contribution in [0.15, 0.2) is 35.1 Å². The Kier molecular flexibility index (Phi) is 5.38. The van der Waals surface area contributed by atoms with Gasteiger partial charge in [0, 0.05) is 35.9 Å². The number of imidazole rings is 1. The Morgan fingerprint density at radius 2 is 2.15 bits per heavy atom. The average Bonchev–Trinajstić information content (AvgIpc) is 2.88. The summed E-state index contributed by atoms with van der Waals surface area (Å²) in [5.41, 5.74) is 2.59. The first-order chi connectivity index (χ1) is 9.65. The van der Waals surface area contributed by atoms with Gasteiger partial charge in [-0.1, -0.05) is 40.5 Å². The van der Waals surface area contributed by atoms with E-state index in [0.29, 0.717) is 0 Å². The highest BCUT2D eigenvalue weighted by molar-refractivity contribution is 9.10. The van der Waals surface area contributed by atoms with Crippen molar-refractivity contribution in [3.63, 3.8) is 0 Å². The lowest BCUT2D eigenvalue weighted by Crippen LogP contribution is -2.24. The molecule has 1 aromatic heterocycles. The first kappa shape index (κ1) is 15.3. The summed E-state index contributed by atoms with van der Waals surface area (Å²) in [5, 5.41) is 3.57. The second-order valence-corrected chi connectivity index (χ2v) is 5.82. The van der Waals surface area contributed by atoms with E-state index in [1.54, 1.807) is 0 Å². The third-order valence-corrected chi connectivity index (χ3v) is 4.23. The van der Waals surface area contributed by atoms with Crippen molar-refractivity contribution in [3.8, 4) is 0 Å². The highest BCUT2D eigenvalue weighted by Crippen LogP contribution is 2.27. The third kappa shape index (κ3) is 3.49. The standard InChI is InChI=1S/C16H22BrN3/c1-4-18-15(11-16-19-8-9-20(16)5-2)13-10-12(3)6-7-14(13)17/h6-10,15,18H,4-5,11H2,1-3H3. The lowest BCUT2D eigenvalue weighted by atomic mass is 10.0. The van der Waals surface area contributed by atoms with Gasteiger partial charge in [-0.25, -0.2) is 4.98 Å². The van der Waals surface area contributed by atoms with Crippen LogP contribution in [0.4, 0.5) is 0 Å². The fourth-order valence-electron chi connectivity index (χ4n) is 2.47. The molecule has 0 saturated carbocycles. The Hall–Kier alpha value is -1.13. The Labute approximate surface area is 129 Å². The molecule has 0 aliphatic heterocycles. The number of halogens is 1. The SMILES string of the molecule is CCNC(Cc1nccn1CC)c1cc(C)ccc1Br. The number of rotatable bonds is 6. The third-order valence-electron chi connectivity index (χ3n) is 3.51. The molecule has 0 fully saturated rings. The molecule has 1 aromatic carbocycles. The summed E-state index contributed by atoms with van der Waals surface area (Å²) in [6.45, 7) is 8.33. The van der Waals surface area contributed by atoms with E-state index in [9.17, 15) is 0 Å². The van der Waals surface area contributed by atoms with Gasteiger partial charge in [0.05, 0.1) is 0 Å². The number of likely N-dealkylation sites (N-methyl/N-ethyl adjacent to an activating group) is 1. The molecule has 108 valence electrons. The van der Waals surface area contributed by atoms with Gasteiger partial charge in [0.2, 0.25) is 0 Å². The van der Waals surface area contributed by atoms with E-state index in [2.05, 4.69) is 69.8 Å². The first-order valence-electron chi connectivity index (χ1n) is 7.15. The van der Waals surface area contributed by atoms with Gasteiger partial charge >= 0.3 is 0 Å². The smallest absolute Gasteiger partial charge is 0.110 e. The Morgan fingerprint density at radius 3 is 2.85 bits per heavy atom. The van der Waals surface area contributed by atoms with Gasteiger partial charge in [-0.3, -0.25) is 0 Å². The molecule has 2 rings (SSSR count). The number of aromatic nitrogens is 2. The van der Waals surface area contributed by atoms with E-state index < -0.39 is 0 Å². The van der Waals surface area contributed by atoms with Gasteiger partial charge < -0.3 is 9.88 Å². The van der Waals surface area contributed by atoms with Crippen molar-refractivity contribution in [3.05, 3.63) is 52.0 Å². The quantitative estimate of drug-likeness (QED) is 0.868. The second-order valence-electron chi connectivity index (χ2n) is 4.97. The molecule has 0 aliphatic rings. The Bertz CT molecular complexity index is 563. The van der Waals surface area contributed by atoms with Crippen LogP contribution in [0.5, 0.6) is 0 Å². The van der Waals surface area contributed by atoms with Crippen LogP contribution in [0.2, 0.25) is 0 Å². The largest absolute Gasteiger partial charge is 0.335 e. The predicted molar refractivity (Wildman–Crippen MR) is 86.9 cm³/mol. The summed E-state index contributed by atoms with van der Waals surface area (Å²) in [6.07, 6.45) is 4.83. The molecule has 2 aromatic rings. The summed E-state index contributed by atoms with van der Waals surface area (Å²) >= 11 is 3.67. The lowest BCUT2D eigenvalue weighted by molar-refractivity contribution is 0.520. The van der Waals surface area contributed by atoms with Gasteiger partial charge in [-0.2, -0.15) is 0 Å². The highest BCUT2D eigenvalue weighted by atomic mass is 79.9. The Morgan fingerprint density at radius 1 is 1.35 bits per heavy atom. The zero-order chi connectivity index (χ0) is 14.5. The first-order valence-corrected chi connectivity index (χ1v) is 7.94. The molecule has 0 saturated heterocycles. The van der Waals surface area contributed by atoms with Gasteiger partial charge in [-0.05, 0) is 32.0 Å². The van der Waals surface area contributed by atoms with E-state index in [1.165, 1.54) is 11.1 Å². The molecule has 1 unspecified atom stereocenters. The van der Waals surface area contributed by atoms with Crippen molar-refractivity contribution in [2.45, 2.75) is 39.8 Å². The number of nitrogens with zero attached hydrogens (tertiary/aromatic N) is 2. The van der Waals surface area contributed by atoms with E-state index in [-0.39, 0.29) is 6.04 Å². The average molecular weight is 336 g/mol. The zero-order valence-electron chi connectivity index (χ0n) is 12.4. The molecular formula is C16H22BrN3. The monoisotopic (exact) mass is 335 g/mol. The maximum absolute atomic E-state index is 4.49. The second kappa shape index (κ2) is 7.04. The van der Waals surface area contributed by atoms with E-state index >= 15 is 0 Å². The van der Waals surface area contributed by atoms with Crippen molar-refractivity contribution in [2.75, 3.05) is 6.54 Å². The molecule has 0 spiro atoms. The van der Waals surface area contributed by atoms with Crippen LogP contribution in [0.25, 0.3) is 0 Å². The van der Waals surface area contributed by atoms with Crippen LogP contribution in [-0.2, 0) is 13.0 Å². The molecule has 0 radical (unpaired) electrons. The maximum Gasteiger partial charge on any atom is 0.110 e. The fourth-order valence-corrected chi connectivity index (χ4v) is 2.99. The summed E-state index contributed by atoms with van der Waals surface area (Å²) in [6, 6.07) is 6.78. The molecule has 0 amide bonds. The van der Waals surface area contributed by atoms with Crippen LogP contribution in [-0.4, -0.2) is 16.1 Å². The maximum atomic E-state index is 4.49. The number of nitrogens with one attached hydrogen (secondary N) is 1. The van der Waals surface area contributed by atoms with E-state index in [0.717, 1.165) is 29.8 Å². The van der Waals surface area contributed by atoms with Crippen molar-refractivity contribution in [1.29, 1.82) is 0 Å². The van der Waals surface area contributed by atoms with Crippen LogP contribution < -0.4 is 5.32 Å². The normalized spacial score (nSPS) is 12.6. The molecule has 1 heterocycles. The van der Waals surface area contributed by atoms with Crippen LogP contribution in [0.3, 0.4) is 0 Å². The minimum Gasteiger partial charge on any atom is -0.335 e. The lowest BCUT2D eigenvalue weighted by Gasteiger charge is -2.20. The molecular weight excluding hydrogens is 314 g/mol. The summed E-state index contributed by atoms with van der Waals surface area (Å²) in [5.74, 6) is 1.13. The number of hydrogen-bond acceptors (Lipinski definition) is 2. The van der Waals surface area contributed by atoms with Crippen molar-refractivity contribution >= 4 is 15.9 Å². The zero-order valence-corrected chi connectivity index (χ0v) is 13.9. The van der Waals surface area contributed by atoms with Gasteiger partial charge in [0.1, 0.15) is 5.82 Å². The highest BCUT2D eigenvalue weighted by Gasteiger charge is 2.16. The minimum atomic E-state index is 0.280. The predicted octanol–water partition coefficient (Wildman–Crippen LogP) is 3.87. The van der Waals surface area contributed by atoms with Crippen LogP contribution in [0.1, 0.15) is 36.8 Å². The molecule has 1 N–H and O–H groups in total. The summed E-state index contributed by atoms with van der Waals surface area (Å²) in [7, 11) is 0. The van der Waals surface area contributed by atoms with E-state index in [1.807, 2.05) is 12.4 Å². The molecule has 20 heavy (non-hydrogen) atoms. The van der Waals surface area contributed by atoms with Gasteiger partial charge in [-0.15, -0.1) is 0 Å². The Balaban J connectivity index is 2.29. The van der Waals surface area contributed by atoms with Gasteiger partial charge in [0.25, 0.3) is 0 Å². The molecule has 0 aliphatic carbocycles. The summed E-state index contributed by atoms with van der Waals surface area (Å²) in [4.78, 5) is 4.49. The molecule has 0 bridgehead atoms. The molecule has 4 heteroatoms. The van der Waals surface area contributed by atoms with Crippen LogP contribution in [0, 0.1) is 6.92 Å². The number of benzene rings is 1. The van der Waals surface area contributed by atoms with Crippen molar-refractivity contribution in [2.24, 2.45) is 0 Å². The minimum absolute atomic E-state index is 0.280. The van der Waals surface area contributed by atoms with Crippen molar-refractivity contribution < 1.29 is 0 Å². The molecule has 3 nitrogen and oxygen atoms in total. The molecule has 1 atom stereocenters.